The molecule has 1 saturated heterocycles. The van der Waals surface area contributed by atoms with E-state index >= 15 is 0 Å². The summed E-state index contributed by atoms with van der Waals surface area (Å²) in [6.07, 6.45) is 5.35. The molecule has 4 nitrogen and oxygen atoms in total. The van der Waals surface area contributed by atoms with Gasteiger partial charge in [-0.2, -0.15) is 0 Å². The minimum absolute atomic E-state index is 0.156. The maximum atomic E-state index is 11.5. The smallest absolute Gasteiger partial charge is 0.338 e. The van der Waals surface area contributed by atoms with E-state index in [0.717, 1.165) is 24.8 Å². The van der Waals surface area contributed by atoms with Gasteiger partial charge in [-0.3, -0.25) is 0 Å². The fraction of sp³-hybridized carbons (Fsp3) is 0.615. The highest BCUT2D eigenvalue weighted by molar-refractivity contribution is 5.95. The Kier molecular flexibility index (Phi) is 1.99. The molecule has 3 atom stereocenters. The summed E-state index contributed by atoms with van der Waals surface area (Å²) in [6.45, 7) is 0.907. The fourth-order valence-corrected chi connectivity index (χ4v) is 3.33. The molecule has 0 amide bonds. The van der Waals surface area contributed by atoms with E-state index in [9.17, 15) is 4.79 Å². The molecule has 0 spiro atoms. The fourth-order valence-electron chi connectivity index (χ4n) is 3.33. The van der Waals surface area contributed by atoms with E-state index in [-0.39, 0.29) is 18.2 Å². The van der Waals surface area contributed by atoms with Crippen molar-refractivity contribution in [1.82, 2.24) is 0 Å². The zero-order valence-corrected chi connectivity index (χ0v) is 9.48. The van der Waals surface area contributed by atoms with Crippen molar-refractivity contribution < 1.29 is 19.0 Å². The van der Waals surface area contributed by atoms with Crippen molar-refractivity contribution in [2.45, 2.75) is 31.5 Å². The quantitative estimate of drug-likeness (QED) is 0.593. The number of rotatable bonds is 0. The molecule has 0 aromatic heterocycles. The van der Waals surface area contributed by atoms with Crippen molar-refractivity contribution in [3.63, 3.8) is 0 Å². The maximum absolute atomic E-state index is 11.5. The Hall–Kier alpha value is -1.13. The van der Waals surface area contributed by atoms with Crippen LogP contribution < -0.4 is 0 Å². The second-order valence-corrected chi connectivity index (χ2v) is 5.18. The van der Waals surface area contributed by atoms with Gasteiger partial charge in [0.1, 0.15) is 13.4 Å². The van der Waals surface area contributed by atoms with E-state index in [0.29, 0.717) is 19.3 Å². The van der Waals surface area contributed by atoms with Gasteiger partial charge in [0.15, 0.2) is 0 Å². The molecule has 4 heteroatoms. The van der Waals surface area contributed by atoms with Gasteiger partial charge >= 0.3 is 5.97 Å². The lowest BCUT2D eigenvalue weighted by Crippen LogP contribution is -2.34. The maximum Gasteiger partial charge on any atom is 0.338 e. The molecule has 17 heavy (non-hydrogen) atoms. The predicted molar refractivity (Wildman–Crippen MR) is 58.0 cm³/mol. The zero-order valence-electron chi connectivity index (χ0n) is 9.48. The number of cyclic esters (lactones) is 1. The number of carbonyl (C=O) groups is 1. The molecule has 0 bridgehead atoms. The number of hydrogen-bond acceptors (Lipinski definition) is 4. The second-order valence-electron chi connectivity index (χ2n) is 5.18. The average Bonchev–Trinajstić information content (AvgIpc) is 2.91. The van der Waals surface area contributed by atoms with E-state index in [1.807, 2.05) is 6.08 Å². The largest absolute Gasteiger partial charge is 0.458 e. The third kappa shape index (κ3) is 1.40. The Morgan fingerprint density at radius 2 is 2.06 bits per heavy atom. The molecule has 3 unspecified atom stereocenters. The van der Waals surface area contributed by atoms with Gasteiger partial charge in [0.2, 0.25) is 0 Å². The Bertz CT molecular complexity index is 448. The summed E-state index contributed by atoms with van der Waals surface area (Å²) in [4.78, 5) is 11.5. The summed E-state index contributed by atoms with van der Waals surface area (Å²) in [5.41, 5.74) is 3.31. The molecule has 0 N–H and O–H groups in total. The molecule has 0 aromatic carbocycles. The molecule has 2 aliphatic heterocycles. The monoisotopic (exact) mass is 234 g/mol. The van der Waals surface area contributed by atoms with E-state index in [1.165, 1.54) is 11.1 Å². The Labute approximate surface area is 99.2 Å². The van der Waals surface area contributed by atoms with Gasteiger partial charge in [0, 0.05) is 0 Å². The molecule has 2 aliphatic carbocycles. The molecule has 4 aliphatic rings. The summed E-state index contributed by atoms with van der Waals surface area (Å²) in [5, 5.41) is 0. The highest BCUT2D eigenvalue weighted by Gasteiger charge is 2.41. The highest BCUT2D eigenvalue weighted by Crippen LogP contribution is 2.43. The van der Waals surface area contributed by atoms with E-state index < -0.39 is 0 Å². The van der Waals surface area contributed by atoms with Crippen LogP contribution in [0.3, 0.4) is 0 Å². The van der Waals surface area contributed by atoms with E-state index in [1.54, 1.807) is 0 Å². The van der Waals surface area contributed by atoms with Crippen LogP contribution in [-0.2, 0) is 19.0 Å². The number of fused-ring (bicyclic) bond motifs is 2. The molecule has 4 rings (SSSR count). The van der Waals surface area contributed by atoms with Crippen LogP contribution >= 0.6 is 0 Å². The first kappa shape index (κ1) is 9.85. The van der Waals surface area contributed by atoms with Crippen LogP contribution in [0.4, 0.5) is 0 Å². The highest BCUT2D eigenvalue weighted by atomic mass is 16.7. The molecule has 0 radical (unpaired) electrons. The molecular formula is C13H14O4. The van der Waals surface area contributed by atoms with Crippen LogP contribution in [0.2, 0.25) is 0 Å². The summed E-state index contributed by atoms with van der Waals surface area (Å²) in [5.74, 6) is 0.364. The molecule has 1 saturated carbocycles. The van der Waals surface area contributed by atoms with Crippen molar-refractivity contribution >= 4 is 5.97 Å². The van der Waals surface area contributed by atoms with Crippen molar-refractivity contribution in [3.05, 3.63) is 22.8 Å². The number of ether oxygens (including phenoxy) is 3. The lowest BCUT2D eigenvalue weighted by Gasteiger charge is -2.34. The normalized spacial score (nSPS) is 39.4. The number of carbonyl (C=O) groups excluding carboxylic acids is 1. The van der Waals surface area contributed by atoms with Gasteiger partial charge in [-0.05, 0) is 36.8 Å². The second kappa shape index (κ2) is 3.43. The van der Waals surface area contributed by atoms with Crippen molar-refractivity contribution in [1.29, 1.82) is 0 Å². The zero-order chi connectivity index (χ0) is 11.4. The summed E-state index contributed by atoms with van der Waals surface area (Å²) >= 11 is 0. The average molecular weight is 234 g/mol. The van der Waals surface area contributed by atoms with Crippen molar-refractivity contribution in [2.75, 3.05) is 13.4 Å². The number of esters is 1. The summed E-state index contributed by atoms with van der Waals surface area (Å²) in [6, 6.07) is 0. The first-order chi connectivity index (χ1) is 8.31. The van der Waals surface area contributed by atoms with Crippen LogP contribution in [0.5, 0.6) is 0 Å². The molecule has 2 heterocycles. The molecular weight excluding hydrogens is 220 g/mol. The molecule has 90 valence electrons. The minimum Gasteiger partial charge on any atom is -0.458 e. The van der Waals surface area contributed by atoms with Crippen LogP contribution in [0.25, 0.3) is 0 Å². The van der Waals surface area contributed by atoms with Gasteiger partial charge in [0.25, 0.3) is 0 Å². The van der Waals surface area contributed by atoms with Crippen LogP contribution in [-0.4, -0.2) is 31.6 Å². The predicted octanol–water partition coefficient (Wildman–Crippen LogP) is 1.32. The third-order valence-electron chi connectivity index (χ3n) is 4.26. The van der Waals surface area contributed by atoms with Crippen molar-refractivity contribution in [3.8, 4) is 0 Å². The van der Waals surface area contributed by atoms with Crippen LogP contribution in [0, 0.1) is 5.92 Å². The minimum atomic E-state index is -0.156. The Balaban J connectivity index is 1.66. The summed E-state index contributed by atoms with van der Waals surface area (Å²) in [7, 11) is 0. The Morgan fingerprint density at radius 3 is 3.00 bits per heavy atom. The molecule has 2 fully saturated rings. The topological polar surface area (TPSA) is 44.8 Å². The summed E-state index contributed by atoms with van der Waals surface area (Å²) < 4.78 is 16.2. The van der Waals surface area contributed by atoms with Gasteiger partial charge in [-0.25, -0.2) is 4.79 Å². The Morgan fingerprint density at radius 1 is 1.18 bits per heavy atom. The van der Waals surface area contributed by atoms with E-state index in [2.05, 4.69) is 0 Å². The first-order valence-corrected chi connectivity index (χ1v) is 6.14. The number of hydrogen-bond donors (Lipinski definition) is 0. The molecule has 0 aromatic rings. The SMILES string of the molecule is O=C1OCC2=C1C=C1CC3OCOC3CC1C2. The lowest BCUT2D eigenvalue weighted by atomic mass is 9.74. The lowest BCUT2D eigenvalue weighted by molar-refractivity contribution is -0.135. The van der Waals surface area contributed by atoms with Crippen molar-refractivity contribution in [2.24, 2.45) is 5.92 Å². The van der Waals surface area contributed by atoms with Crippen LogP contribution in [0.1, 0.15) is 19.3 Å². The van der Waals surface area contributed by atoms with Gasteiger partial charge < -0.3 is 14.2 Å². The van der Waals surface area contributed by atoms with Crippen LogP contribution in [0.15, 0.2) is 22.8 Å². The third-order valence-corrected chi connectivity index (χ3v) is 4.26. The van der Waals surface area contributed by atoms with Gasteiger partial charge in [-0.15, -0.1) is 0 Å². The van der Waals surface area contributed by atoms with Gasteiger partial charge in [0.05, 0.1) is 17.8 Å². The van der Waals surface area contributed by atoms with Gasteiger partial charge in [-0.1, -0.05) is 5.57 Å². The van der Waals surface area contributed by atoms with E-state index in [4.69, 9.17) is 14.2 Å². The first-order valence-electron chi connectivity index (χ1n) is 6.14. The standard InChI is InChI=1S/C13H14O4/c14-13-10-2-8-4-12-11(16-6-17-12)3-7(8)1-9(10)5-15-13/h2,7,11-12H,1,3-6H2.